The van der Waals surface area contributed by atoms with E-state index in [0.29, 0.717) is 17.4 Å². The maximum absolute atomic E-state index is 12.6. The molecule has 0 saturated heterocycles. The van der Waals surface area contributed by atoms with Crippen LogP contribution in [0.25, 0.3) is 0 Å². The van der Waals surface area contributed by atoms with Crippen LogP contribution in [0.4, 0.5) is 0 Å². The summed E-state index contributed by atoms with van der Waals surface area (Å²) in [5.74, 6) is -0.184. The number of allylic oxidation sites excluding steroid dienone is 1. The Hall–Kier alpha value is -0.760. The molecule has 9 heteroatoms. The number of aliphatic hydroxyl groups is 1. The summed E-state index contributed by atoms with van der Waals surface area (Å²) >= 11 is 0. The summed E-state index contributed by atoms with van der Waals surface area (Å²) in [5, 5.41) is 13.6. The number of aliphatic hydroxyl groups excluding tert-OH is 1. The van der Waals surface area contributed by atoms with Gasteiger partial charge in [-0.25, -0.2) is 4.57 Å². The number of amides is 1. The summed E-state index contributed by atoms with van der Waals surface area (Å²) in [6.45, 7) is 4.74. The molecule has 0 rings (SSSR count). The predicted molar refractivity (Wildman–Crippen MR) is 171 cm³/mol. The normalized spacial score (nSPS) is 15.2. The predicted octanol–water partition coefficient (Wildman–Crippen LogP) is 7.68. The number of quaternary nitrogens is 1. The second kappa shape index (κ2) is 25.7. The molecule has 0 aliphatic heterocycles. The molecule has 41 heavy (non-hydrogen) atoms. The first kappa shape index (κ1) is 40.2. The third-order valence-electron chi connectivity index (χ3n) is 7.26. The van der Waals surface area contributed by atoms with Gasteiger partial charge in [0.15, 0.2) is 0 Å². The summed E-state index contributed by atoms with van der Waals surface area (Å²) in [7, 11) is 1.57. The lowest BCUT2D eigenvalue weighted by atomic mass is 10.1. The fourth-order valence-electron chi connectivity index (χ4n) is 4.51. The van der Waals surface area contributed by atoms with Crippen LogP contribution in [0.2, 0.25) is 0 Å². The number of unbranched alkanes of at least 4 members (excludes halogenated alkanes) is 16. The number of nitrogens with zero attached hydrogens (tertiary/aromatic N) is 1. The molecule has 1 amide bonds. The molecule has 0 saturated carbocycles. The Bertz CT molecular complexity index is 698. The zero-order chi connectivity index (χ0) is 30.8. The van der Waals surface area contributed by atoms with Crippen LogP contribution in [0.3, 0.4) is 0 Å². The summed E-state index contributed by atoms with van der Waals surface area (Å²) in [5.41, 5.74) is 0. The lowest BCUT2D eigenvalue weighted by Crippen LogP contribution is -2.45. The Balaban J connectivity index is 4.65. The summed E-state index contributed by atoms with van der Waals surface area (Å²) in [6, 6.07) is -0.835. The quantitative estimate of drug-likeness (QED) is 0.0350. The fraction of sp³-hybridized carbons (Fsp3) is 0.906. The van der Waals surface area contributed by atoms with Crippen LogP contribution < -0.4 is 5.32 Å². The molecule has 8 nitrogen and oxygen atoms in total. The number of hydrogen-bond donors (Lipinski definition) is 3. The standard InChI is InChI=1S/C32H65N2O6P/c1-6-8-10-12-14-16-18-19-21-23-25-31(35)30(29-40-41(37,38)39-28-27-34(3,4)5)33-32(36)26-24-22-20-17-15-13-11-9-7-2/h23,25,30-31,35H,6-22,24,26-29H2,1-5H3,(H-,33,36,37,38)/p+1/b25-23-/t30-,31+/m0/s1. The third kappa shape index (κ3) is 27.8. The maximum Gasteiger partial charge on any atom is 0.472 e. The zero-order valence-electron chi connectivity index (χ0n) is 27.3. The van der Waals surface area contributed by atoms with Crippen LogP contribution in [0, 0.1) is 0 Å². The van der Waals surface area contributed by atoms with Crippen molar-refractivity contribution in [2.75, 3.05) is 40.9 Å². The molecule has 244 valence electrons. The first-order chi connectivity index (χ1) is 19.5. The summed E-state index contributed by atoms with van der Waals surface area (Å²) in [4.78, 5) is 22.8. The monoisotopic (exact) mass is 605 g/mol. The topological polar surface area (TPSA) is 105 Å². The van der Waals surface area contributed by atoms with E-state index in [-0.39, 0.29) is 19.1 Å². The number of hydrogen-bond acceptors (Lipinski definition) is 5. The molecular formula is C32H66N2O6P+. The smallest absolute Gasteiger partial charge is 0.387 e. The molecule has 0 aromatic carbocycles. The number of phosphoric acid groups is 1. The molecule has 0 radical (unpaired) electrons. The number of phosphoric ester groups is 1. The van der Waals surface area contributed by atoms with Gasteiger partial charge in [0.2, 0.25) is 5.91 Å². The molecule has 0 heterocycles. The van der Waals surface area contributed by atoms with Crippen molar-refractivity contribution in [2.45, 2.75) is 148 Å². The van der Waals surface area contributed by atoms with Gasteiger partial charge in [0.25, 0.3) is 0 Å². The van der Waals surface area contributed by atoms with E-state index < -0.39 is 20.0 Å². The largest absolute Gasteiger partial charge is 0.472 e. The molecule has 0 aromatic heterocycles. The van der Waals surface area contributed by atoms with E-state index in [9.17, 15) is 19.4 Å². The van der Waals surface area contributed by atoms with Gasteiger partial charge in [-0.15, -0.1) is 0 Å². The Labute approximate surface area is 252 Å². The SMILES string of the molecule is CCCCCCCCCC/C=C\[C@@H](O)[C@H](COP(=O)(O)OCC[N+](C)(C)C)NC(=O)CCCCCCCCCCC. The minimum Gasteiger partial charge on any atom is -0.387 e. The van der Waals surface area contributed by atoms with Gasteiger partial charge in [-0.1, -0.05) is 122 Å². The maximum atomic E-state index is 12.6. The van der Waals surface area contributed by atoms with Crippen molar-refractivity contribution >= 4 is 13.7 Å². The average Bonchev–Trinajstić information content (AvgIpc) is 2.90. The molecule has 0 aliphatic carbocycles. The lowest BCUT2D eigenvalue weighted by Gasteiger charge is -2.25. The van der Waals surface area contributed by atoms with Crippen LogP contribution in [-0.4, -0.2) is 73.4 Å². The van der Waals surface area contributed by atoms with Crippen LogP contribution >= 0.6 is 7.82 Å². The number of likely N-dealkylation sites (N-methyl/N-ethyl adjacent to an activating group) is 1. The minimum atomic E-state index is -4.31. The van der Waals surface area contributed by atoms with E-state index in [1.807, 2.05) is 27.2 Å². The highest BCUT2D eigenvalue weighted by molar-refractivity contribution is 7.47. The Morgan fingerprint density at radius 2 is 1.29 bits per heavy atom. The lowest BCUT2D eigenvalue weighted by molar-refractivity contribution is -0.870. The molecule has 0 spiro atoms. The highest BCUT2D eigenvalue weighted by Gasteiger charge is 2.27. The average molecular weight is 606 g/mol. The van der Waals surface area contributed by atoms with Crippen molar-refractivity contribution in [2.24, 2.45) is 0 Å². The van der Waals surface area contributed by atoms with Gasteiger partial charge < -0.3 is 19.8 Å². The second-order valence-electron chi connectivity index (χ2n) is 12.5. The van der Waals surface area contributed by atoms with E-state index in [1.165, 1.54) is 77.0 Å². The van der Waals surface area contributed by atoms with E-state index >= 15 is 0 Å². The van der Waals surface area contributed by atoms with Gasteiger partial charge >= 0.3 is 7.82 Å². The Kier molecular flexibility index (Phi) is 25.2. The van der Waals surface area contributed by atoms with Gasteiger partial charge in [0.05, 0.1) is 39.9 Å². The van der Waals surface area contributed by atoms with Crippen LogP contribution in [-0.2, 0) is 18.4 Å². The van der Waals surface area contributed by atoms with Gasteiger partial charge in [0.1, 0.15) is 13.2 Å². The van der Waals surface area contributed by atoms with Crippen molar-refractivity contribution < 1.29 is 32.9 Å². The molecule has 3 N–H and O–H groups in total. The molecule has 0 bridgehead atoms. The molecule has 3 atom stereocenters. The number of rotatable bonds is 29. The van der Waals surface area contributed by atoms with E-state index in [2.05, 4.69) is 19.2 Å². The minimum absolute atomic E-state index is 0.0635. The van der Waals surface area contributed by atoms with Gasteiger partial charge in [-0.3, -0.25) is 13.8 Å². The van der Waals surface area contributed by atoms with E-state index in [0.717, 1.165) is 38.5 Å². The summed E-state index contributed by atoms with van der Waals surface area (Å²) < 4.78 is 23.3. The zero-order valence-corrected chi connectivity index (χ0v) is 28.2. The van der Waals surface area contributed by atoms with Crippen molar-refractivity contribution in [3.05, 3.63) is 12.2 Å². The molecule has 0 aromatic rings. The number of carbonyl (C=O) groups excluding carboxylic acids is 1. The van der Waals surface area contributed by atoms with Gasteiger partial charge in [-0.05, 0) is 19.3 Å². The highest BCUT2D eigenvalue weighted by Crippen LogP contribution is 2.43. The van der Waals surface area contributed by atoms with Gasteiger partial charge in [-0.2, -0.15) is 0 Å². The van der Waals surface area contributed by atoms with Crippen molar-refractivity contribution in [3.8, 4) is 0 Å². The second-order valence-corrected chi connectivity index (χ2v) is 14.0. The van der Waals surface area contributed by atoms with E-state index in [1.54, 1.807) is 6.08 Å². The van der Waals surface area contributed by atoms with E-state index in [4.69, 9.17) is 9.05 Å². The number of carbonyl (C=O) groups is 1. The molecule has 0 fully saturated rings. The van der Waals surface area contributed by atoms with Crippen molar-refractivity contribution in [1.29, 1.82) is 0 Å². The van der Waals surface area contributed by atoms with Crippen LogP contribution in [0.5, 0.6) is 0 Å². The fourth-order valence-corrected chi connectivity index (χ4v) is 5.24. The summed E-state index contributed by atoms with van der Waals surface area (Å²) in [6.07, 6.45) is 24.2. The first-order valence-electron chi connectivity index (χ1n) is 16.6. The molecule has 0 aliphatic rings. The third-order valence-corrected chi connectivity index (χ3v) is 8.24. The Morgan fingerprint density at radius 3 is 1.80 bits per heavy atom. The first-order valence-corrected chi connectivity index (χ1v) is 18.1. The van der Waals surface area contributed by atoms with Crippen LogP contribution in [0.15, 0.2) is 12.2 Å². The molecule has 1 unspecified atom stereocenters. The van der Waals surface area contributed by atoms with Crippen LogP contribution in [0.1, 0.15) is 136 Å². The Morgan fingerprint density at radius 1 is 0.805 bits per heavy atom. The number of nitrogens with one attached hydrogen (secondary N) is 1. The van der Waals surface area contributed by atoms with Crippen molar-refractivity contribution in [3.63, 3.8) is 0 Å². The molecular weight excluding hydrogens is 539 g/mol. The van der Waals surface area contributed by atoms with Gasteiger partial charge in [0, 0.05) is 6.42 Å². The van der Waals surface area contributed by atoms with Crippen molar-refractivity contribution in [1.82, 2.24) is 5.32 Å². The highest BCUT2D eigenvalue weighted by atomic mass is 31.2.